The molecule has 4 rings (SSSR count). The third kappa shape index (κ3) is 4.19. The van der Waals surface area contributed by atoms with Gasteiger partial charge in [-0.05, 0) is 55.2 Å². The SMILES string of the molecule is CCn1c(=O)c2ccccc2n(CC(=O)OCc2cc(=O)oc3cc(C)c(C(C)C)cc23)c1=O. The Morgan fingerprint density at radius 3 is 2.47 bits per heavy atom. The van der Waals surface area contributed by atoms with Crippen LogP contribution in [0.25, 0.3) is 21.9 Å². The molecule has 176 valence electrons. The summed E-state index contributed by atoms with van der Waals surface area (Å²) >= 11 is 0. The largest absolute Gasteiger partial charge is 0.459 e. The van der Waals surface area contributed by atoms with Crippen LogP contribution in [0.4, 0.5) is 0 Å². The Balaban J connectivity index is 1.67. The number of hydrogen-bond donors (Lipinski definition) is 0. The Morgan fingerprint density at radius 1 is 1.03 bits per heavy atom. The summed E-state index contributed by atoms with van der Waals surface area (Å²) in [5.41, 5.74) is 1.92. The third-order valence-corrected chi connectivity index (χ3v) is 5.96. The van der Waals surface area contributed by atoms with E-state index >= 15 is 0 Å². The van der Waals surface area contributed by atoms with Crippen LogP contribution in [0, 0.1) is 6.92 Å². The van der Waals surface area contributed by atoms with E-state index in [4.69, 9.17) is 9.15 Å². The van der Waals surface area contributed by atoms with Crippen LogP contribution in [0.5, 0.6) is 0 Å². The quantitative estimate of drug-likeness (QED) is 0.321. The average molecular weight is 463 g/mol. The highest BCUT2D eigenvalue weighted by molar-refractivity contribution is 5.83. The Bertz CT molecular complexity index is 1590. The van der Waals surface area contributed by atoms with Gasteiger partial charge in [0.25, 0.3) is 5.56 Å². The lowest BCUT2D eigenvalue weighted by atomic mass is 9.95. The van der Waals surface area contributed by atoms with Crippen LogP contribution >= 0.6 is 0 Å². The Kier molecular flexibility index (Phi) is 6.24. The van der Waals surface area contributed by atoms with Crippen molar-refractivity contribution < 1.29 is 13.9 Å². The molecule has 0 fully saturated rings. The third-order valence-electron chi connectivity index (χ3n) is 5.96. The molecule has 0 unspecified atom stereocenters. The molecule has 0 aliphatic carbocycles. The van der Waals surface area contributed by atoms with Gasteiger partial charge in [0, 0.05) is 23.6 Å². The van der Waals surface area contributed by atoms with Gasteiger partial charge in [0.05, 0.1) is 10.9 Å². The molecule has 2 heterocycles. The fourth-order valence-electron chi connectivity index (χ4n) is 4.27. The Hall–Kier alpha value is -3.94. The number of aryl methyl sites for hydroxylation is 1. The highest BCUT2D eigenvalue weighted by Crippen LogP contribution is 2.27. The first-order valence-corrected chi connectivity index (χ1v) is 11.2. The van der Waals surface area contributed by atoms with Crippen molar-refractivity contribution in [3.05, 3.63) is 90.4 Å². The second-order valence-corrected chi connectivity index (χ2v) is 8.55. The summed E-state index contributed by atoms with van der Waals surface area (Å²) in [5, 5.41) is 1.05. The lowest BCUT2D eigenvalue weighted by Gasteiger charge is -2.14. The van der Waals surface area contributed by atoms with Crippen molar-refractivity contribution in [2.75, 3.05) is 0 Å². The topological polar surface area (TPSA) is 101 Å². The molecule has 0 saturated heterocycles. The van der Waals surface area contributed by atoms with E-state index < -0.39 is 22.8 Å². The number of para-hydroxylation sites is 1. The Labute approximate surface area is 195 Å². The van der Waals surface area contributed by atoms with E-state index in [-0.39, 0.29) is 25.6 Å². The van der Waals surface area contributed by atoms with Gasteiger partial charge in [-0.1, -0.05) is 26.0 Å². The number of carbonyl (C=O) groups is 1. The molecule has 2 aromatic carbocycles. The first-order valence-electron chi connectivity index (χ1n) is 11.2. The second-order valence-electron chi connectivity index (χ2n) is 8.55. The molecule has 0 atom stereocenters. The fraction of sp³-hybridized carbons (Fsp3) is 0.308. The molecule has 34 heavy (non-hydrogen) atoms. The fourth-order valence-corrected chi connectivity index (χ4v) is 4.27. The summed E-state index contributed by atoms with van der Waals surface area (Å²) in [6.45, 7) is 7.46. The normalized spacial score (nSPS) is 11.4. The van der Waals surface area contributed by atoms with E-state index in [1.165, 1.54) is 10.6 Å². The molecular formula is C26H26N2O6. The van der Waals surface area contributed by atoms with Crippen molar-refractivity contribution in [3.8, 4) is 0 Å². The molecule has 0 radical (unpaired) electrons. The number of ether oxygens (including phenoxy) is 1. The number of aromatic nitrogens is 2. The van der Waals surface area contributed by atoms with Crippen molar-refractivity contribution in [2.24, 2.45) is 0 Å². The molecule has 4 aromatic rings. The molecular weight excluding hydrogens is 436 g/mol. The number of benzene rings is 2. The van der Waals surface area contributed by atoms with Crippen LogP contribution in [0.3, 0.4) is 0 Å². The highest BCUT2D eigenvalue weighted by atomic mass is 16.5. The van der Waals surface area contributed by atoms with Crippen molar-refractivity contribution in [1.29, 1.82) is 0 Å². The van der Waals surface area contributed by atoms with Gasteiger partial charge in [0.1, 0.15) is 18.7 Å². The van der Waals surface area contributed by atoms with Crippen molar-refractivity contribution in [3.63, 3.8) is 0 Å². The van der Waals surface area contributed by atoms with E-state index in [1.807, 2.05) is 19.1 Å². The number of carbonyl (C=O) groups excluding carboxylic acids is 1. The summed E-state index contributed by atoms with van der Waals surface area (Å²) in [6.07, 6.45) is 0. The zero-order chi connectivity index (χ0) is 24.6. The summed E-state index contributed by atoms with van der Waals surface area (Å²) in [7, 11) is 0. The van der Waals surface area contributed by atoms with Gasteiger partial charge in [0.15, 0.2) is 0 Å². The van der Waals surface area contributed by atoms with Crippen molar-refractivity contribution in [1.82, 2.24) is 9.13 Å². The summed E-state index contributed by atoms with van der Waals surface area (Å²) in [6, 6.07) is 11.7. The first kappa shape index (κ1) is 23.2. The van der Waals surface area contributed by atoms with Gasteiger partial charge in [-0.15, -0.1) is 0 Å². The number of hydrogen-bond acceptors (Lipinski definition) is 6. The van der Waals surface area contributed by atoms with Crippen LogP contribution in [0.1, 0.15) is 43.4 Å². The molecule has 0 saturated carbocycles. The zero-order valence-corrected chi connectivity index (χ0v) is 19.6. The van der Waals surface area contributed by atoms with E-state index in [0.717, 1.165) is 15.7 Å². The number of rotatable bonds is 6. The summed E-state index contributed by atoms with van der Waals surface area (Å²) in [4.78, 5) is 50.3. The van der Waals surface area contributed by atoms with Gasteiger partial charge in [-0.25, -0.2) is 9.59 Å². The average Bonchev–Trinajstić information content (AvgIpc) is 2.79. The van der Waals surface area contributed by atoms with Gasteiger partial charge in [-0.2, -0.15) is 0 Å². The lowest BCUT2D eigenvalue weighted by molar-refractivity contribution is -0.145. The van der Waals surface area contributed by atoms with Gasteiger partial charge in [-0.3, -0.25) is 18.7 Å². The maximum Gasteiger partial charge on any atom is 0.336 e. The number of esters is 1. The molecule has 0 spiro atoms. The van der Waals surface area contributed by atoms with Crippen LogP contribution < -0.4 is 16.9 Å². The van der Waals surface area contributed by atoms with Gasteiger partial charge in [0.2, 0.25) is 0 Å². The molecule has 0 aliphatic rings. The molecule has 8 nitrogen and oxygen atoms in total. The van der Waals surface area contributed by atoms with E-state index in [2.05, 4.69) is 13.8 Å². The minimum absolute atomic E-state index is 0.151. The monoisotopic (exact) mass is 462 g/mol. The molecule has 0 N–H and O–H groups in total. The maximum absolute atomic E-state index is 12.9. The molecule has 0 aliphatic heterocycles. The highest BCUT2D eigenvalue weighted by Gasteiger charge is 2.17. The second kappa shape index (κ2) is 9.13. The smallest absolute Gasteiger partial charge is 0.336 e. The minimum atomic E-state index is -0.661. The maximum atomic E-state index is 12.9. The predicted octanol–water partition coefficient (Wildman–Crippen LogP) is 3.46. The summed E-state index contributed by atoms with van der Waals surface area (Å²) in [5.74, 6) is -0.396. The van der Waals surface area contributed by atoms with Crippen LogP contribution in [0.15, 0.2) is 61.3 Å². The zero-order valence-electron chi connectivity index (χ0n) is 19.6. The van der Waals surface area contributed by atoms with E-state index in [0.29, 0.717) is 27.4 Å². The predicted molar refractivity (Wildman–Crippen MR) is 129 cm³/mol. The van der Waals surface area contributed by atoms with Crippen LogP contribution in [0.2, 0.25) is 0 Å². The molecule has 0 bridgehead atoms. The van der Waals surface area contributed by atoms with Crippen molar-refractivity contribution in [2.45, 2.75) is 53.3 Å². The standard InChI is InChI=1S/C26H26N2O6/c1-5-27-25(31)18-8-6-7-9-21(18)28(26(27)32)13-24(30)33-14-17-11-23(29)34-22-10-16(4)19(15(2)3)12-20(17)22/h6-12,15H,5,13-14H2,1-4H3. The molecule has 0 amide bonds. The van der Waals surface area contributed by atoms with E-state index in [9.17, 15) is 19.2 Å². The number of fused-ring (bicyclic) bond motifs is 2. The first-order chi connectivity index (χ1) is 16.2. The lowest BCUT2D eigenvalue weighted by Crippen LogP contribution is -2.40. The van der Waals surface area contributed by atoms with Gasteiger partial charge >= 0.3 is 17.3 Å². The molecule has 2 aromatic heterocycles. The van der Waals surface area contributed by atoms with Crippen LogP contribution in [-0.2, 0) is 29.2 Å². The molecule has 8 heteroatoms. The van der Waals surface area contributed by atoms with Gasteiger partial charge < -0.3 is 9.15 Å². The summed E-state index contributed by atoms with van der Waals surface area (Å²) < 4.78 is 13.1. The van der Waals surface area contributed by atoms with Crippen molar-refractivity contribution >= 4 is 27.8 Å². The van der Waals surface area contributed by atoms with Crippen LogP contribution in [-0.4, -0.2) is 15.1 Å². The number of nitrogens with zero attached hydrogens (tertiary/aromatic N) is 2. The van der Waals surface area contributed by atoms with E-state index in [1.54, 1.807) is 31.2 Å². The minimum Gasteiger partial charge on any atom is -0.459 e. The Morgan fingerprint density at radius 2 is 1.76 bits per heavy atom.